The van der Waals surface area contributed by atoms with Gasteiger partial charge in [0, 0.05) is 29.5 Å². The molecule has 1 aromatic rings. The standard InChI is InChI=1S/C14H23BN2O3/c1-9(16)10-7-17-8-11(12(10)18-6)15-19-13(2,3)14(4,5)20-15/h7-9H,16H2,1-6H3. The molecule has 110 valence electrons. The van der Waals surface area contributed by atoms with Crippen LogP contribution in [-0.4, -0.2) is 30.4 Å². The molecule has 1 fully saturated rings. The molecule has 20 heavy (non-hydrogen) atoms. The third-order valence-corrected chi connectivity index (χ3v) is 4.15. The van der Waals surface area contributed by atoms with E-state index in [1.165, 1.54) is 0 Å². The van der Waals surface area contributed by atoms with E-state index in [-0.39, 0.29) is 6.04 Å². The number of nitrogens with zero attached hydrogens (tertiary/aromatic N) is 1. The molecular formula is C14H23BN2O3. The molecule has 0 radical (unpaired) electrons. The lowest BCUT2D eigenvalue weighted by molar-refractivity contribution is 0.00578. The molecule has 1 saturated heterocycles. The van der Waals surface area contributed by atoms with Crippen molar-refractivity contribution in [3.05, 3.63) is 18.0 Å². The number of aromatic nitrogens is 1. The minimum absolute atomic E-state index is 0.167. The van der Waals surface area contributed by atoms with E-state index >= 15 is 0 Å². The van der Waals surface area contributed by atoms with Crippen LogP contribution in [0, 0.1) is 0 Å². The van der Waals surface area contributed by atoms with Crippen molar-refractivity contribution in [1.29, 1.82) is 0 Å². The van der Waals surface area contributed by atoms with Crippen molar-refractivity contribution in [3.63, 3.8) is 0 Å². The van der Waals surface area contributed by atoms with Gasteiger partial charge in [-0.25, -0.2) is 0 Å². The summed E-state index contributed by atoms with van der Waals surface area (Å²) in [6, 6.07) is -0.167. The van der Waals surface area contributed by atoms with Gasteiger partial charge in [-0.3, -0.25) is 4.98 Å². The minimum Gasteiger partial charge on any atom is -0.497 e. The molecule has 2 N–H and O–H groups in total. The van der Waals surface area contributed by atoms with E-state index in [2.05, 4.69) is 4.98 Å². The van der Waals surface area contributed by atoms with Crippen molar-refractivity contribution in [1.82, 2.24) is 4.98 Å². The highest BCUT2D eigenvalue weighted by Gasteiger charge is 2.52. The highest BCUT2D eigenvalue weighted by molar-refractivity contribution is 6.63. The first-order valence-electron chi connectivity index (χ1n) is 6.82. The average Bonchev–Trinajstić information content (AvgIpc) is 2.57. The first-order chi connectivity index (χ1) is 9.19. The smallest absolute Gasteiger partial charge is 0.497 e. The van der Waals surface area contributed by atoms with Crippen molar-refractivity contribution in [3.8, 4) is 5.75 Å². The van der Waals surface area contributed by atoms with Crippen molar-refractivity contribution < 1.29 is 14.0 Å². The van der Waals surface area contributed by atoms with E-state index in [4.69, 9.17) is 19.8 Å². The highest BCUT2D eigenvalue weighted by atomic mass is 16.7. The Kier molecular flexibility index (Phi) is 3.84. The fourth-order valence-corrected chi connectivity index (χ4v) is 2.18. The summed E-state index contributed by atoms with van der Waals surface area (Å²) in [6.45, 7) is 9.96. The third-order valence-electron chi connectivity index (χ3n) is 4.15. The SMILES string of the molecule is COc1c(B2OC(C)(C)C(C)(C)O2)cncc1C(C)N. The molecule has 0 bridgehead atoms. The van der Waals surface area contributed by atoms with Gasteiger partial charge in [0.05, 0.1) is 18.3 Å². The van der Waals surface area contributed by atoms with Gasteiger partial charge >= 0.3 is 7.12 Å². The Morgan fingerprint density at radius 3 is 2.20 bits per heavy atom. The minimum atomic E-state index is -0.499. The van der Waals surface area contributed by atoms with Gasteiger partial charge in [0.25, 0.3) is 0 Å². The first kappa shape index (κ1) is 15.3. The highest BCUT2D eigenvalue weighted by Crippen LogP contribution is 2.37. The second-order valence-corrected chi connectivity index (χ2v) is 6.23. The van der Waals surface area contributed by atoms with Gasteiger partial charge in [-0.15, -0.1) is 0 Å². The molecule has 0 saturated carbocycles. The lowest BCUT2D eigenvalue weighted by atomic mass is 9.78. The van der Waals surface area contributed by atoms with Crippen LogP contribution in [0.2, 0.25) is 0 Å². The average molecular weight is 278 g/mol. The molecule has 6 heteroatoms. The fraction of sp³-hybridized carbons (Fsp3) is 0.643. The van der Waals surface area contributed by atoms with Gasteiger partial charge in [-0.1, -0.05) is 0 Å². The van der Waals surface area contributed by atoms with Crippen LogP contribution in [0.1, 0.15) is 46.2 Å². The molecule has 0 aliphatic carbocycles. The van der Waals surface area contributed by atoms with Gasteiger partial charge in [-0.05, 0) is 34.6 Å². The molecule has 1 aliphatic heterocycles. The summed E-state index contributed by atoms with van der Waals surface area (Å²) in [5.74, 6) is 0.688. The van der Waals surface area contributed by atoms with E-state index in [0.717, 1.165) is 11.0 Å². The zero-order valence-electron chi connectivity index (χ0n) is 13.1. The van der Waals surface area contributed by atoms with Crippen molar-refractivity contribution in [2.45, 2.75) is 51.9 Å². The molecule has 2 rings (SSSR count). The maximum absolute atomic E-state index is 6.04. The summed E-state index contributed by atoms with van der Waals surface area (Å²) < 4.78 is 17.6. The summed E-state index contributed by atoms with van der Waals surface area (Å²) >= 11 is 0. The predicted molar refractivity (Wildman–Crippen MR) is 79.1 cm³/mol. The van der Waals surface area contributed by atoms with Gasteiger partial charge in [0.15, 0.2) is 0 Å². The first-order valence-corrected chi connectivity index (χ1v) is 6.82. The molecule has 1 aliphatic rings. The molecule has 2 heterocycles. The van der Waals surface area contributed by atoms with Crippen LogP contribution in [0.25, 0.3) is 0 Å². The summed E-state index contributed by atoms with van der Waals surface area (Å²) in [5.41, 5.74) is 6.80. The summed E-state index contributed by atoms with van der Waals surface area (Å²) in [6.07, 6.45) is 3.44. The van der Waals surface area contributed by atoms with Gasteiger partial charge in [-0.2, -0.15) is 0 Å². The van der Waals surface area contributed by atoms with Crippen LogP contribution in [0.5, 0.6) is 5.75 Å². The number of hydrogen-bond acceptors (Lipinski definition) is 5. The predicted octanol–water partition coefficient (Wildman–Crippen LogP) is 1.41. The maximum atomic E-state index is 6.04. The lowest BCUT2D eigenvalue weighted by Gasteiger charge is -2.32. The van der Waals surface area contributed by atoms with Crippen LogP contribution < -0.4 is 15.9 Å². The zero-order valence-corrected chi connectivity index (χ0v) is 13.1. The largest absolute Gasteiger partial charge is 0.500 e. The van der Waals surface area contributed by atoms with E-state index in [1.54, 1.807) is 19.5 Å². The van der Waals surface area contributed by atoms with Gasteiger partial charge in [0.2, 0.25) is 0 Å². The van der Waals surface area contributed by atoms with Crippen LogP contribution >= 0.6 is 0 Å². The quantitative estimate of drug-likeness (QED) is 0.847. The number of hydrogen-bond donors (Lipinski definition) is 1. The van der Waals surface area contributed by atoms with E-state index in [9.17, 15) is 0 Å². The molecule has 0 amide bonds. The number of methoxy groups -OCH3 is 1. The summed E-state index contributed by atoms with van der Waals surface area (Å²) in [7, 11) is 1.12. The van der Waals surface area contributed by atoms with E-state index < -0.39 is 18.3 Å². The number of rotatable bonds is 3. The Hall–Kier alpha value is -1.11. The Balaban J connectivity index is 2.43. The van der Waals surface area contributed by atoms with Gasteiger partial charge in [0.1, 0.15) is 5.75 Å². The Morgan fingerprint density at radius 2 is 1.75 bits per heavy atom. The van der Waals surface area contributed by atoms with Crippen molar-refractivity contribution in [2.24, 2.45) is 5.73 Å². The molecule has 1 atom stereocenters. The fourth-order valence-electron chi connectivity index (χ4n) is 2.18. The molecule has 1 unspecified atom stereocenters. The van der Waals surface area contributed by atoms with Crippen LogP contribution in [0.15, 0.2) is 12.4 Å². The Morgan fingerprint density at radius 1 is 1.20 bits per heavy atom. The Bertz CT molecular complexity index is 487. The lowest BCUT2D eigenvalue weighted by Crippen LogP contribution is -2.41. The maximum Gasteiger partial charge on any atom is 0.500 e. The summed E-state index contributed by atoms with van der Waals surface area (Å²) in [4.78, 5) is 4.23. The number of ether oxygens (including phenoxy) is 1. The van der Waals surface area contributed by atoms with Crippen molar-refractivity contribution >= 4 is 12.6 Å². The molecule has 5 nitrogen and oxygen atoms in total. The topological polar surface area (TPSA) is 66.6 Å². The number of nitrogens with two attached hydrogens (primary N) is 1. The molecular weight excluding hydrogens is 255 g/mol. The zero-order chi connectivity index (χ0) is 15.1. The van der Waals surface area contributed by atoms with Crippen LogP contribution in [0.4, 0.5) is 0 Å². The number of pyridine rings is 1. The normalized spacial score (nSPS) is 21.9. The molecule has 0 aromatic carbocycles. The van der Waals surface area contributed by atoms with E-state index in [0.29, 0.717) is 5.75 Å². The Labute approximate surface area is 121 Å². The third kappa shape index (κ3) is 2.43. The van der Waals surface area contributed by atoms with Crippen molar-refractivity contribution in [2.75, 3.05) is 7.11 Å². The monoisotopic (exact) mass is 278 g/mol. The molecule has 0 spiro atoms. The van der Waals surface area contributed by atoms with E-state index in [1.807, 2.05) is 34.6 Å². The van der Waals surface area contributed by atoms with Gasteiger partial charge < -0.3 is 19.8 Å². The second kappa shape index (κ2) is 5.02. The van der Waals surface area contributed by atoms with Crippen LogP contribution in [-0.2, 0) is 9.31 Å². The summed E-state index contributed by atoms with van der Waals surface area (Å²) in [5, 5.41) is 0. The molecule has 1 aromatic heterocycles. The van der Waals surface area contributed by atoms with Crippen LogP contribution in [0.3, 0.4) is 0 Å². The second-order valence-electron chi connectivity index (χ2n) is 6.23.